The SMILES string of the molecule is CCOCC(O)CN1CCS(=O)CC1. The zero-order valence-electron chi connectivity index (χ0n) is 8.65. The van der Waals surface area contributed by atoms with Crippen LogP contribution in [0.4, 0.5) is 0 Å². The van der Waals surface area contributed by atoms with E-state index in [1.807, 2.05) is 6.92 Å². The third kappa shape index (κ3) is 4.50. The summed E-state index contributed by atoms with van der Waals surface area (Å²) in [5, 5.41) is 9.56. The maximum atomic E-state index is 11.1. The maximum Gasteiger partial charge on any atom is 0.0900 e. The molecule has 1 unspecified atom stereocenters. The van der Waals surface area contributed by atoms with Crippen molar-refractivity contribution >= 4 is 10.8 Å². The minimum Gasteiger partial charge on any atom is -0.389 e. The van der Waals surface area contributed by atoms with Crippen LogP contribution in [0.15, 0.2) is 0 Å². The fourth-order valence-electron chi connectivity index (χ4n) is 1.46. The van der Waals surface area contributed by atoms with Crippen LogP contribution in [0, 0.1) is 0 Å². The molecule has 0 bridgehead atoms. The molecular formula is C9H19NO3S. The van der Waals surface area contributed by atoms with Crippen LogP contribution in [0.3, 0.4) is 0 Å². The number of aliphatic hydroxyl groups excluding tert-OH is 1. The number of rotatable bonds is 5. The van der Waals surface area contributed by atoms with Crippen LogP contribution in [0.5, 0.6) is 0 Å². The largest absolute Gasteiger partial charge is 0.389 e. The van der Waals surface area contributed by atoms with Crippen molar-refractivity contribution in [2.24, 2.45) is 0 Å². The predicted molar refractivity (Wildman–Crippen MR) is 56.8 cm³/mol. The Morgan fingerprint density at radius 2 is 2.14 bits per heavy atom. The van der Waals surface area contributed by atoms with Gasteiger partial charge < -0.3 is 9.84 Å². The topological polar surface area (TPSA) is 49.8 Å². The van der Waals surface area contributed by atoms with Crippen molar-refractivity contribution in [2.45, 2.75) is 13.0 Å². The molecule has 14 heavy (non-hydrogen) atoms. The van der Waals surface area contributed by atoms with Crippen LogP contribution in [0.2, 0.25) is 0 Å². The Labute approximate surface area is 87.7 Å². The van der Waals surface area contributed by atoms with Gasteiger partial charge in [0, 0.05) is 48.5 Å². The summed E-state index contributed by atoms with van der Waals surface area (Å²) >= 11 is 0. The van der Waals surface area contributed by atoms with Crippen LogP contribution < -0.4 is 0 Å². The van der Waals surface area contributed by atoms with Crippen molar-refractivity contribution in [3.63, 3.8) is 0 Å². The van der Waals surface area contributed by atoms with Crippen molar-refractivity contribution < 1.29 is 14.1 Å². The van der Waals surface area contributed by atoms with E-state index < -0.39 is 16.9 Å². The van der Waals surface area contributed by atoms with Crippen LogP contribution in [-0.4, -0.2) is 64.7 Å². The van der Waals surface area contributed by atoms with Gasteiger partial charge in [-0.05, 0) is 6.92 Å². The molecule has 5 heteroatoms. The minimum atomic E-state index is -0.636. The van der Waals surface area contributed by atoms with Crippen LogP contribution in [0.1, 0.15) is 6.92 Å². The van der Waals surface area contributed by atoms with E-state index in [-0.39, 0.29) is 0 Å². The molecule has 0 aromatic heterocycles. The Balaban J connectivity index is 2.13. The van der Waals surface area contributed by atoms with E-state index in [2.05, 4.69) is 4.90 Å². The molecule has 0 aliphatic carbocycles. The number of ether oxygens (including phenoxy) is 1. The first kappa shape index (κ1) is 12.1. The summed E-state index contributed by atoms with van der Waals surface area (Å²) in [6.45, 7) is 5.25. The molecule has 1 heterocycles. The smallest absolute Gasteiger partial charge is 0.0900 e. The molecular weight excluding hydrogens is 202 g/mol. The summed E-state index contributed by atoms with van der Waals surface area (Å²) in [6, 6.07) is 0. The summed E-state index contributed by atoms with van der Waals surface area (Å²) < 4.78 is 16.2. The molecule has 0 amide bonds. The molecule has 0 radical (unpaired) electrons. The highest BCUT2D eigenvalue weighted by Gasteiger charge is 2.17. The lowest BCUT2D eigenvalue weighted by atomic mass is 10.3. The van der Waals surface area contributed by atoms with E-state index in [0.29, 0.717) is 19.8 Å². The third-order valence-electron chi connectivity index (χ3n) is 2.25. The third-order valence-corrected chi connectivity index (χ3v) is 3.53. The van der Waals surface area contributed by atoms with E-state index in [4.69, 9.17) is 4.74 Å². The molecule has 0 spiro atoms. The number of nitrogens with zero attached hydrogens (tertiary/aromatic N) is 1. The molecule has 1 aliphatic rings. The molecule has 1 fully saturated rings. The van der Waals surface area contributed by atoms with Crippen molar-refractivity contribution in [1.29, 1.82) is 0 Å². The van der Waals surface area contributed by atoms with Crippen LogP contribution in [0.25, 0.3) is 0 Å². The average molecular weight is 221 g/mol. The van der Waals surface area contributed by atoms with Crippen molar-refractivity contribution in [1.82, 2.24) is 4.90 Å². The van der Waals surface area contributed by atoms with Gasteiger partial charge in [0.2, 0.25) is 0 Å². The van der Waals surface area contributed by atoms with Gasteiger partial charge in [-0.15, -0.1) is 0 Å². The van der Waals surface area contributed by atoms with Crippen molar-refractivity contribution in [3.05, 3.63) is 0 Å². The normalized spacial score (nSPS) is 22.4. The Morgan fingerprint density at radius 3 is 2.71 bits per heavy atom. The van der Waals surface area contributed by atoms with Gasteiger partial charge in [-0.1, -0.05) is 0 Å². The fraction of sp³-hybridized carbons (Fsp3) is 1.00. The molecule has 1 aliphatic heterocycles. The Morgan fingerprint density at radius 1 is 1.50 bits per heavy atom. The minimum absolute atomic E-state index is 0.399. The standard InChI is InChI=1S/C9H19NO3S/c1-2-13-8-9(11)7-10-3-5-14(12)6-4-10/h9,11H,2-8H2,1H3. The summed E-state index contributed by atoms with van der Waals surface area (Å²) in [7, 11) is -0.636. The first-order chi connectivity index (χ1) is 6.72. The first-order valence-electron chi connectivity index (χ1n) is 5.05. The van der Waals surface area contributed by atoms with Crippen molar-refractivity contribution in [2.75, 3.05) is 44.4 Å². The molecule has 1 atom stereocenters. The van der Waals surface area contributed by atoms with Gasteiger partial charge in [0.15, 0.2) is 0 Å². The second-order valence-electron chi connectivity index (χ2n) is 3.46. The molecule has 84 valence electrons. The van der Waals surface area contributed by atoms with Gasteiger partial charge in [0.25, 0.3) is 0 Å². The van der Waals surface area contributed by atoms with Crippen LogP contribution >= 0.6 is 0 Å². The zero-order chi connectivity index (χ0) is 10.4. The van der Waals surface area contributed by atoms with Gasteiger partial charge >= 0.3 is 0 Å². The Bertz CT molecular complexity index is 179. The molecule has 1 rings (SSSR count). The lowest BCUT2D eigenvalue weighted by Crippen LogP contribution is -2.43. The lowest BCUT2D eigenvalue weighted by molar-refractivity contribution is 0.0228. The van der Waals surface area contributed by atoms with Crippen molar-refractivity contribution in [3.8, 4) is 0 Å². The van der Waals surface area contributed by atoms with E-state index >= 15 is 0 Å². The average Bonchev–Trinajstić information content (AvgIpc) is 2.18. The zero-order valence-corrected chi connectivity index (χ0v) is 9.46. The summed E-state index contributed by atoms with van der Waals surface area (Å²) in [5.74, 6) is 1.47. The quantitative estimate of drug-likeness (QED) is 0.676. The molecule has 0 saturated carbocycles. The van der Waals surface area contributed by atoms with Gasteiger partial charge in [-0.25, -0.2) is 0 Å². The number of hydrogen-bond acceptors (Lipinski definition) is 4. The predicted octanol–water partition coefficient (Wildman–Crippen LogP) is -0.552. The summed E-state index contributed by atoms with van der Waals surface area (Å²) in [4.78, 5) is 2.14. The first-order valence-corrected chi connectivity index (χ1v) is 6.54. The highest BCUT2D eigenvalue weighted by Crippen LogP contribution is 2.01. The number of hydrogen-bond donors (Lipinski definition) is 1. The second-order valence-corrected chi connectivity index (χ2v) is 5.16. The van der Waals surface area contributed by atoms with Crippen LogP contribution in [-0.2, 0) is 15.5 Å². The summed E-state index contributed by atoms with van der Waals surface area (Å²) in [6.07, 6.45) is -0.415. The van der Waals surface area contributed by atoms with E-state index in [0.717, 1.165) is 24.6 Å². The van der Waals surface area contributed by atoms with E-state index in [9.17, 15) is 9.32 Å². The second kappa shape index (κ2) is 6.50. The van der Waals surface area contributed by atoms with Gasteiger partial charge in [0.1, 0.15) is 0 Å². The molecule has 1 saturated heterocycles. The Kier molecular flexibility index (Phi) is 5.62. The summed E-state index contributed by atoms with van der Waals surface area (Å²) in [5.41, 5.74) is 0. The highest BCUT2D eigenvalue weighted by molar-refractivity contribution is 7.85. The lowest BCUT2D eigenvalue weighted by Gasteiger charge is -2.27. The number of aliphatic hydroxyl groups is 1. The monoisotopic (exact) mass is 221 g/mol. The fourth-order valence-corrected chi connectivity index (χ4v) is 2.59. The van der Waals surface area contributed by atoms with Gasteiger partial charge in [-0.3, -0.25) is 9.11 Å². The maximum absolute atomic E-state index is 11.1. The highest BCUT2D eigenvalue weighted by atomic mass is 32.2. The number of β-amino-alcohol motifs (C(OH)–C–C–N with tert-alkyl or cyclic N) is 1. The van der Waals surface area contributed by atoms with Gasteiger partial charge in [-0.2, -0.15) is 0 Å². The van der Waals surface area contributed by atoms with Gasteiger partial charge in [0.05, 0.1) is 12.7 Å². The molecule has 0 aromatic rings. The molecule has 1 N–H and O–H groups in total. The molecule has 4 nitrogen and oxygen atoms in total. The van der Waals surface area contributed by atoms with E-state index in [1.165, 1.54) is 0 Å². The van der Waals surface area contributed by atoms with E-state index in [1.54, 1.807) is 0 Å². The molecule has 0 aromatic carbocycles. The Hall–Kier alpha value is 0.0300.